The summed E-state index contributed by atoms with van der Waals surface area (Å²) in [5.74, 6) is 0.231. The van der Waals surface area contributed by atoms with Gasteiger partial charge < -0.3 is 19.3 Å². The van der Waals surface area contributed by atoms with Gasteiger partial charge in [-0.3, -0.25) is 9.59 Å². The Bertz CT molecular complexity index is 900. The van der Waals surface area contributed by atoms with Gasteiger partial charge in [0.2, 0.25) is 11.8 Å². The number of benzene rings is 2. The van der Waals surface area contributed by atoms with Crippen LogP contribution in [0.2, 0.25) is 0 Å². The molecule has 0 radical (unpaired) electrons. The van der Waals surface area contributed by atoms with Crippen LogP contribution in [-0.2, 0) is 20.7 Å². The van der Waals surface area contributed by atoms with E-state index in [1.54, 1.807) is 12.1 Å². The van der Waals surface area contributed by atoms with Crippen LogP contribution in [0.1, 0.15) is 18.4 Å². The van der Waals surface area contributed by atoms with Crippen molar-refractivity contribution in [2.24, 2.45) is 5.92 Å². The molecule has 2 amide bonds. The van der Waals surface area contributed by atoms with Crippen LogP contribution in [0.5, 0.6) is 5.75 Å². The highest BCUT2D eigenvalue weighted by molar-refractivity contribution is 5.79. The van der Waals surface area contributed by atoms with E-state index in [0.717, 1.165) is 5.56 Å². The molecule has 0 aromatic heterocycles. The van der Waals surface area contributed by atoms with Gasteiger partial charge in [0, 0.05) is 44.9 Å². The SMILES string of the molecule is O=C(C[C@H]1CN(C(=O)Cc2ccccc2)CC[C@@H]1Oc1ccc(F)cc1)N1CCOCC1. The summed E-state index contributed by atoms with van der Waals surface area (Å²) in [5, 5.41) is 0. The molecule has 7 heteroatoms. The third-order valence-corrected chi connectivity index (χ3v) is 6.12. The number of ether oxygens (including phenoxy) is 2. The second kappa shape index (κ2) is 10.6. The summed E-state index contributed by atoms with van der Waals surface area (Å²) in [4.78, 5) is 29.5. The first-order valence-corrected chi connectivity index (χ1v) is 11.2. The Hall–Kier alpha value is -2.93. The molecule has 2 fully saturated rings. The van der Waals surface area contributed by atoms with E-state index in [9.17, 15) is 14.0 Å². The second-order valence-electron chi connectivity index (χ2n) is 8.36. The van der Waals surface area contributed by atoms with E-state index < -0.39 is 0 Å². The number of carbonyl (C=O) groups excluding carboxylic acids is 2. The standard InChI is InChI=1S/C25H29FN2O4/c26-21-6-8-22(9-7-21)32-23-10-11-28(24(29)16-19-4-2-1-3-5-19)18-20(23)17-25(30)27-12-14-31-15-13-27/h1-9,20,23H,10-18H2/t20-,23-/m0/s1. The van der Waals surface area contributed by atoms with Gasteiger partial charge in [0.05, 0.1) is 19.6 Å². The van der Waals surface area contributed by atoms with E-state index in [4.69, 9.17) is 9.47 Å². The minimum absolute atomic E-state index is 0.0558. The number of likely N-dealkylation sites (tertiary alicyclic amines) is 1. The van der Waals surface area contributed by atoms with Gasteiger partial charge in [0.1, 0.15) is 17.7 Å². The number of morpholine rings is 1. The van der Waals surface area contributed by atoms with Crippen molar-refractivity contribution in [1.29, 1.82) is 0 Å². The first-order chi connectivity index (χ1) is 15.6. The lowest BCUT2D eigenvalue weighted by Gasteiger charge is -2.39. The minimum atomic E-state index is -0.322. The number of hydrogen-bond donors (Lipinski definition) is 0. The van der Waals surface area contributed by atoms with Crippen LogP contribution in [-0.4, -0.2) is 67.1 Å². The van der Waals surface area contributed by atoms with Crippen molar-refractivity contribution in [3.05, 3.63) is 66.0 Å². The lowest BCUT2D eigenvalue weighted by Crippen LogP contribution is -2.50. The predicted octanol–water partition coefficient (Wildman–Crippen LogP) is 2.91. The molecule has 6 nitrogen and oxygen atoms in total. The Labute approximate surface area is 187 Å². The molecule has 0 unspecified atom stereocenters. The van der Waals surface area contributed by atoms with Gasteiger partial charge in [-0.15, -0.1) is 0 Å². The molecule has 2 heterocycles. The molecule has 0 N–H and O–H groups in total. The smallest absolute Gasteiger partial charge is 0.227 e. The summed E-state index contributed by atoms with van der Waals surface area (Å²) < 4.78 is 24.8. The number of rotatable bonds is 6. The molecule has 2 atom stereocenters. The number of nitrogens with zero attached hydrogens (tertiary/aromatic N) is 2. The molecular weight excluding hydrogens is 411 g/mol. The maximum absolute atomic E-state index is 13.3. The monoisotopic (exact) mass is 440 g/mol. The van der Waals surface area contributed by atoms with Crippen molar-refractivity contribution in [1.82, 2.24) is 9.80 Å². The van der Waals surface area contributed by atoms with Gasteiger partial charge in [0.25, 0.3) is 0 Å². The van der Waals surface area contributed by atoms with Gasteiger partial charge in [-0.25, -0.2) is 4.39 Å². The summed E-state index contributed by atoms with van der Waals surface area (Å²) in [7, 11) is 0. The summed E-state index contributed by atoms with van der Waals surface area (Å²) in [6, 6.07) is 15.6. The Morgan fingerprint density at radius 1 is 0.938 bits per heavy atom. The van der Waals surface area contributed by atoms with Gasteiger partial charge >= 0.3 is 0 Å². The highest BCUT2D eigenvalue weighted by Gasteiger charge is 2.35. The van der Waals surface area contributed by atoms with Crippen molar-refractivity contribution >= 4 is 11.8 Å². The maximum atomic E-state index is 13.3. The molecule has 2 aliphatic heterocycles. The van der Waals surface area contributed by atoms with E-state index in [-0.39, 0.29) is 29.7 Å². The van der Waals surface area contributed by atoms with E-state index in [0.29, 0.717) is 64.4 Å². The zero-order valence-corrected chi connectivity index (χ0v) is 18.1. The Kier molecular flexibility index (Phi) is 7.37. The van der Waals surface area contributed by atoms with E-state index in [1.165, 1.54) is 12.1 Å². The van der Waals surface area contributed by atoms with Crippen molar-refractivity contribution in [2.75, 3.05) is 39.4 Å². The molecule has 2 aromatic rings. The topological polar surface area (TPSA) is 59.1 Å². The highest BCUT2D eigenvalue weighted by atomic mass is 19.1. The minimum Gasteiger partial charge on any atom is -0.490 e. The van der Waals surface area contributed by atoms with Crippen LogP contribution >= 0.6 is 0 Å². The summed E-state index contributed by atoms with van der Waals surface area (Å²) in [6.07, 6.45) is 1.06. The number of carbonyl (C=O) groups is 2. The van der Waals surface area contributed by atoms with Crippen LogP contribution in [0.25, 0.3) is 0 Å². The van der Waals surface area contributed by atoms with Crippen LogP contribution < -0.4 is 4.74 Å². The molecule has 0 spiro atoms. The molecule has 0 bridgehead atoms. The van der Waals surface area contributed by atoms with Crippen molar-refractivity contribution in [2.45, 2.75) is 25.4 Å². The second-order valence-corrected chi connectivity index (χ2v) is 8.36. The van der Waals surface area contributed by atoms with Crippen LogP contribution in [0.4, 0.5) is 4.39 Å². The molecular formula is C25H29FN2O4. The number of amides is 2. The fraction of sp³-hybridized carbons (Fsp3) is 0.440. The lowest BCUT2D eigenvalue weighted by atomic mass is 9.90. The lowest BCUT2D eigenvalue weighted by molar-refractivity contribution is -0.141. The molecule has 170 valence electrons. The quantitative estimate of drug-likeness (QED) is 0.693. The first kappa shape index (κ1) is 22.3. The van der Waals surface area contributed by atoms with Gasteiger partial charge in [-0.2, -0.15) is 0 Å². The molecule has 4 rings (SSSR count). The molecule has 2 aromatic carbocycles. The normalized spacial score (nSPS) is 21.3. The first-order valence-electron chi connectivity index (χ1n) is 11.2. The number of hydrogen-bond acceptors (Lipinski definition) is 4. The average molecular weight is 441 g/mol. The largest absolute Gasteiger partial charge is 0.490 e. The fourth-order valence-electron chi connectivity index (χ4n) is 4.32. The van der Waals surface area contributed by atoms with Crippen molar-refractivity contribution in [3.63, 3.8) is 0 Å². The predicted molar refractivity (Wildman–Crippen MR) is 118 cm³/mol. The average Bonchev–Trinajstić information content (AvgIpc) is 2.82. The van der Waals surface area contributed by atoms with Gasteiger partial charge in [-0.05, 0) is 29.8 Å². The van der Waals surface area contributed by atoms with E-state index in [1.807, 2.05) is 40.1 Å². The molecule has 2 aliphatic rings. The van der Waals surface area contributed by atoms with Gasteiger partial charge in [0.15, 0.2) is 0 Å². The van der Waals surface area contributed by atoms with Gasteiger partial charge in [-0.1, -0.05) is 30.3 Å². The van der Waals surface area contributed by atoms with Crippen molar-refractivity contribution < 1.29 is 23.5 Å². The highest BCUT2D eigenvalue weighted by Crippen LogP contribution is 2.27. The molecule has 0 aliphatic carbocycles. The molecule has 2 saturated heterocycles. The zero-order chi connectivity index (χ0) is 22.3. The van der Waals surface area contributed by atoms with Crippen molar-refractivity contribution in [3.8, 4) is 5.75 Å². The van der Waals surface area contributed by atoms with E-state index in [2.05, 4.69) is 0 Å². The van der Waals surface area contributed by atoms with E-state index >= 15 is 0 Å². The van der Waals surface area contributed by atoms with Crippen LogP contribution in [0.3, 0.4) is 0 Å². The number of halogens is 1. The van der Waals surface area contributed by atoms with Crippen LogP contribution in [0.15, 0.2) is 54.6 Å². The van der Waals surface area contributed by atoms with Crippen LogP contribution in [0, 0.1) is 11.7 Å². The molecule has 0 saturated carbocycles. The maximum Gasteiger partial charge on any atom is 0.227 e. The fourth-order valence-corrected chi connectivity index (χ4v) is 4.32. The third-order valence-electron chi connectivity index (χ3n) is 6.12. The zero-order valence-electron chi connectivity index (χ0n) is 18.1. The summed E-state index contributed by atoms with van der Waals surface area (Å²) in [5.41, 5.74) is 0.975. The molecule has 32 heavy (non-hydrogen) atoms. The Balaban J connectivity index is 1.44. The summed E-state index contributed by atoms with van der Waals surface area (Å²) >= 11 is 0. The Morgan fingerprint density at radius 3 is 2.38 bits per heavy atom. The summed E-state index contributed by atoms with van der Waals surface area (Å²) in [6.45, 7) is 3.31. The number of piperidine rings is 1. The third kappa shape index (κ3) is 5.85. The Morgan fingerprint density at radius 2 is 1.66 bits per heavy atom.